The monoisotopic (exact) mass is 342 g/mol. The fraction of sp³-hybridized carbons (Fsp3) is 0.429. The van der Waals surface area contributed by atoms with Gasteiger partial charge in [0.25, 0.3) is 0 Å². The van der Waals surface area contributed by atoms with Gasteiger partial charge < -0.3 is 10.6 Å². The number of sulfonamides is 1. The number of benzene rings is 1. The Kier molecular flexibility index (Phi) is 6.93. The summed E-state index contributed by atoms with van der Waals surface area (Å²) in [5.74, 6) is -0.536. The maximum Gasteiger partial charge on any atom is 0.319 e. The second-order valence-corrected chi connectivity index (χ2v) is 7.12. The zero-order valence-electron chi connectivity index (χ0n) is 13.0. The highest BCUT2D eigenvalue weighted by Gasteiger charge is 2.14. The van der Waals surface area contributed by atoms with Crippen molar-refractivity contribution in [2.24, 2.45) is 0 Å². The zero-order valence-corrected chi connectivity index (χ0v) is 13.8. The molecule has 0 aromatic heterocycles. The van der Waals surface area contributed by atoms with E-state index in [9.17, 15) is 17.6 Å². The number of hydrogen-bond acceptors (Lipinski definition) is 4. The van der Waals surface area contributed by atoms with Crippen molar-refractivity contribution in [3.8, 4) is 6.07 Å². The van der Waals surface area contributed by atoms with E-state index in [0.717, 1.165) is 12.1 Å². The van der Waals surface area contributed by atoms with Gasteiger partial charge in [0.1, 0.15) is 11.9 Å². The Bertz CT molecular complexity index is 700. The summed E-state index contributed by atoms with van der Waals surface area (Å²) in [6.07, 6.45) is 0.442. The van der Waals surface area contributed by atoms with Crippen molar-refractivity contribution in [1.82, 2.24) is 9.62 Å². The molecule has 0 unspecified atom stereocenters. The Balaban J connectivity index is 2.43. The van der Waals surface area contributed by atoms with E-state index in [1.54, 1.807) is 13.0 Å². The first-order chi connectivity index (χ1) is 10.8. The number of nitrogens with zero attached hydrogens (tertiary/aromatic N) is 2. The molecule has 0 saturated carbocycles. The molecule has 2 amide bonds. The van der Waals surface area contributed by atoms with Gasteiger partial charge in [-0.2, -0.15) is 5.26 Å². The number of nitriles is 1. The average molecular weight is 342 g/mol. The summed E-state index contributed by atoms with van der Waals surface area (Å²) in [5.41, 5.74) is 0.228. The van der Waals surface area contributed by atoms with Crippen LogP contribution in [0.1, 0.15) is 18.9 Å². The van der Waals surface area contributed by atoms with Crippen LogP contribution < -0.4 is 10.6 Å². The van der Waals surface area contributed by atoms with E-state index in [2.05, 4.69) is 10.6 Å². The molecule has 0 atom stereocenters. The number of halogens is 1. The Morgan fingerprint density at radius 2 is 2.13 bits per heavy atom. The van der Waals surface area contributed by atoms with Crippen molar-refractivity contribution < 1.29 is 17.6 Å². The molecular formula is C14H19FN4O3S. The van der Waals surface area contributed by atoms with Gasteiger partial charge in [0, 0.05) is 20.1 Å². The van der Waals surface area contributed by atoms with Crippen LogP contribution in [0.25, 0.3) is 0 Å². The number of nitrogens with one attached hydrogen (secondary N) is 2. The van der Waals surface area contributed by atoms with Gasteiger partial charge in [-0.25, -0.2) is 21.9 Å². The molecule has 0 radical (unpaired) electrons. The maximum absolute atomic E-state index is 13.0. The maximum atomic E-state index is 13.0. The second kappa shape index (κ2) is 8.45. The highest BCUT2D eigenvalue weighted by Crippen LogP contribution is 2.15. The predicted octanol–water partition coefficient (Wildman–Crippen LogP) is 1.49. The van der Waals surface area contributed by atoms with E-state index >= 15 is 0 Å². The lowest BCUT2D eigenvalue weighted by Crippen LogP contribution is -2.34. The number of anilines is 1. The molecule has 23 heavy (non-hydrogen) atoms. The summed E-state index contributed by atoms with van der Waals surface area (Å²) in [6.45, 7) is 2.11. The van der Waals surface area contributed by atoms with Crippen molar-refractivity contribution in [3.63, 3.8) is 0 Å². The van der Waals surface area contributed by atoms with Crippen LogP contribution in [-0.2, 0) is 10.0 Å². The first-order valence-electron chi connectivity index (χ1n) is 6.98. The van der Waals surface area contributed by atoms with Crippen LogP contribution >= 0.6 is 0 Å². The van der Waals surface area contributed by atoms with Gasteiger partial charge in [0.2, 0.25) is 10.0 Å². The van der Waals surface area contributed by atoms with E-state index in [1.165, 1.54) is 17.4 Å². The number of carbonyl (C=O) groups excluding carboxylic acids is 1. The molecule has 2 N–H and O–H groups in total. The Labute approximate surface area is 135 Å². The standard InChI is InChI=1S/C14H19FN4O3S/c1-3-23(21,22)19(2)8-4-7-17-14(20)18-13-6-5-12(15)9-11(13)10-16/h5-6,9H,3-4,7-8H2,1-2H3,(H2,17,18,20). The summed E-state index contributed by atoms with van der Waals surface area (Å²) in [6, 6.07) is 4.71. The molecule has 0 heterocycles. The molecular weight excluding hydrogens is 323 g/mol. The van der Waals surface area contributed by atoms with Crippen molar-refractivity contribution in [1.29, 1.82) is 5.26 Å². The molecule has 0 spiro atoms. The molecule has 0 saturated heterocycles. The minimum Gasteiger partial charge on any atom is -0.338 e. The van der Waals surface area contributed by atoms with Crippen LogP contribution in [0.3, 0.4) is 0 Å². The molecule has 1 aromatic carbocycles. The minimum atomic E-state index is -3.23. The fourth-order valence-electron chi connectivity index (χ4n) is 1.75. The van der Waals surface area contributed by atoms with Gasteiger partial charge in [0.15, 0.2) is 0 Å². The SMILES string of the molecule is CCS(=O)(=O)N(C)CCCNC(=O)Nc1ccc(F)cc1C#N. The van der Waals surface area contributed by atoms with Crippen molar-refractivity contribution >= 4 is 21.7 Å². The van der Waals surface area contributed by atoms with Gasteiger partial charge in [-0.05, 0) is 31.5 Å². The quantitative estimate of drug-likeness (QED) is 0.733. The first-order valence-corrected chi connectivity index (χ1v) is 8.59. The van der Waals surface area contributed by atoms with E-state index in [4.69, 9.17) is 5.26 Å². The molecule has 7 nitrogen and oxygen atoms in total. The molecule has 126 valence electrons. The van der Waals surface area contributed by atoms with Crippen molar-refractivity contribution in [3.05, 3.63) is 29.6 Å². The Morgan fingerprint density at radius 3 is 2.74 bits per heavy atom. The summed E-state index contributed by atoms with van der Waals surface area (Å²) in [4.78, 5) is 11.7. The van der Waals surface area contributed by atoms with Gasteiger partial charge in [-0.1, -0.05) is 0 Å². The lowest BCUT2D eigenvalue weighted by molar-refractivity contribution is 0.251. The first kappa shape index (κ1) is 18.9. The predicted molar refractivity (Wildman–Crippen MR) is 84.8 cm³/mol. The topological polar surface area (TPSA) is 102 Å². The van der Waals surface area contributed by atoms with Crippen LogP contribution in [-0.4, -0.2) is 44.6 Å². The summed E-state index contributed by atoms with van der Waals surface area (Å²) < 4.78 is 37.3. The van der Waals surface area contributed by atoms with Crippen LogP contribution in [0, 0.1) is 17.1 Å². The Morgan fingerprint density at radius 1 is 1.43 bits per heavy atom. The third kappa shape index (κ3) is 5.84. The number of rotatable bonds is 7. The van der Waals surface area contributed by atoms with Crippen molar-refractivity contribution in [2.75, 3.05) is 31.2 Å². The van der Waals surface area contributed by atoms with Gasteiger partial charge >= 0.3 is 6.03 Å². The molecule has 0 aliphatic rings. The third-order valence-corrected chi connectivity index (χ3v) is 4.99. The number of amides is 2. The number of urea groups is 1. The van der Waals surface area contributed by atoms with Crippen LogP contribution in [0.2, 0.25) is 0 Å². The van der Waals surface area contributed by atoms with Gasteiger partial charge in [-0.15, -0.1) is 0 Å². The third-order valence-electron chi connectivity index (χ3n) is 3.13. The van der Waals surface area contributed by atoms with Crippen LogP contribution in [0.15, 0.2) is 18.2 Å². The average Bonchev–Trinajstić information content (AvgIpc) is 2.52. The normalized spacial score (nSPS) is 11.1. The molecule has 1 aromatic rings. The highest BCUT2D eigenvalue weighted by atomic mass is 32.2. The van der Waals surface area contributed by atoms with Gasteiger partial charge in [-0.3, -0.25) is 0 Å². The highest BCUT2D eigenvalue weighted by molar-refractivity contribution is 7.89. The lowest BCUT2D eigenvalue weighted by atomic mass is 10.2. The summed E-state index contributed by atoms with van der Waals surface area (Å²) in [7, 11) is -1.74. The molecule has 0 aliphatic carbocycles. The largest absolute Gasteiger partial charge is 0.338 e. The molecule has 0 fully saturated rings. The minimum absolute atomic E-state index is 0.0222. The van der Waals surface area contributed by atoms with Crippen molar-refractivity contribution in [2.45, 2.75) is 13.3 Å². The van der Waals surface area contributed by atoms with E-state index < -0.39 is 21.9 Å². The van der Waals surface area contributed by atoms with Gasteiger partial charge in [0.05, 0.1) is 17.0 Å². The zero-order chi connectivity index (χ0) is 17.5. The van der Waals surface area contributed by atoms with Crippen LogP contribution in [0.4, 0.5) is 14.9 Å². The second-order valence-electron chi connectivity index (χ2n) is 4.76. The van der Waals surface area contributed by atoms with E-state index in [-0.39, 0.29) is 30.1 Å². The summed E-state index contributed by atoms with van der Waals surface area (Å²) in [5, 5.41) is 13.9. The molecule has 0 aliphatic heterocycles. The Hall–Kier alpha value is -2.18. The lowest BCUT2D eigenvalue weighted by Gasteiger charge is -2.16. The number of carbonyl (C=O) groups is 1. The summed E-state index contributed by atoms with van der Waals surface area (Å²) >= 11 is 0. The number of hydrogen-bond donors (Lipinski definition) is 2. The smallest absolute Gasteiger partial charge is 0.319 e. The molecule has 9 heteroatoms. The molecule has 1 rings (SSSR count). The van der Waals surface area contributed by atoms with Crippen LogP contribution in [0.5, 0.6) is 0 Å². The van der Waals surface area contributed by atoms with E-state index in [1.807, 2.05) is 0 Å². The molecule has 0 bridgehead atoms. The fourth-order valence-corrected chi connectivity index (χ4v) is 2.60. The van der Waals surface area contributed by atoms with E-state index in [0.29, 0.717) is 6.42 Å².